The molecule has 9 nitrogen and oxygen atoms in total. The lowest BCUT2D eigenvalue weighted by Gasteiger charge is -2.41. The zero-order valence-corrected chi connectivity index (χ0v) is 23.5. The van der Waals surface area contributed by atoms with Gasteiger partial charge in [0.25, 0.3) is 11.7 Å². The summed E-state index contributed by atoms with van der Waals surface area (Å²) >= 11 is 0. The summed E-state index contributed by atoms with van der Waals surface area (Å²) in [4.78, 5) is 58.9. The number of Topliss-reactive ketones (excluding diaryl/α,β-unsaturated/α-hetero) is 1. The van der Waals surface area contributed by atoms with E-state index in [1.807, 2.05) is 54.6 Å². The molecule has 2 aliphatic heterocycles. The summed E-state index contributed by atoms with van der Waals surface area (Å²) < 4.78 is 5.45. The topological polar surface area (TPSA) is 99.3 Å². The summed E-state index contributed by atoms with van der Waals surface area (Å²) in [5.41, 5.74) is 2.22. The lowest BCUT2D eigenvalue weighted by atomic mass is 9.92. The SMILES string of the molecule is O=C1C(=O)N(CC(=O)N(Cc2ccccc2)C2(C(=O)Nc3ccc(N4CCOCC4)cc3)CCCC2)c2ccccc21. The Labute approximate surface area is 245 Å². The zero-order chi connectivity index (χ0) is 29.1. The van der Waals surface area contributed by atoms with Crippen LogP contribution in [0, 0.1) is 0 Å². The monoisotopic (exact) mass is 566 g/mol. The molecule has 3 aliphatic rings. The molecule has 1 aliphatic carbocycles. The van der Waals surface area contributed by atoms with Crippen molar-refractivity contribution in [3.63, 3.8) is 0 Å². The molecule has 0 atom stereocenters. The van der Waals surface area contributed by atoms with Gasteiger partial charge in [-0.1, -0.05) is 55.3 Å². The van der Waals surface area contributed by atoms with Crippen LogP contribution in [0.25, 0.3) is 0 Å². The zero-order valence-electron chi connectivity index (χ0n) is 23.5. The number of ketones is 1. The molecule has 42 heavy (non-hydrogen) atoms. The first kappa shape index (κ1) is 27.7. The van der Waals surface area contributed by atoms with E-state index in [9.17, 15) is 19.2 Å². The van der Waals surface area contributed by atoms with Crippen molar-refractivity contribution < 1.29 is 23.9 Å². The van der Waals surface area contributed by atoms with E-state index in [0.29, 0.717) is 43.0 Å². The fraction of sp³-hybridized carbons (Fsp3) is 0.333. The van der Waals surface area contributed by atoms with Crippen LogP contribution in [0.15, 0.2) is 78.9 Å². The van der Waals surface area contributed by atoms with E-state index in [4.69, 9.17) is 4.74 Å². The van der Waals surface area contributed by atoms with Crippen molar-refractivity contribution >= 4 is 40.6 Å². The smallest absolute Gasteiger partial charge is 0.299 e. The highest BCUT2D eigenvalue weighted by Gasteiger charge is 2.49. The van der Waals surface area contributed by atoms with Gasteiger partial charge in [-0.05, 0) is 54.8 Å². The van der Waals surface area contributed by atoms with Crippen LogP contribution in [-0.2, 0) is 25.7 Å². The van der Waals surface area contributed by atoms with Gasteiger partial charge in [-0.25, -0.2) is 0 Å². The maximum Gasteiger partial charge on any atom is 0.299 e. The first-order valence-corrected chi connectivity index (χ1v) is 14.5. The fourth-order valence-corrected chi connectivity index (χ4v) is 6.27. The minimum atomic E-state index is -1.10. The molecular weight excluding hydrogens is 532 g/mol. The van der Waals surface area contributed by atoms with Gasteiger partial charge in [0, 0.05) is 31.0 Å². The molecule has 0 bridgehead atoms. The number of para-hydroxylation sites is 1. The lowest BCUT2D eigenvalue weighted by molar-refractivity contribution is -0.145. The van der Waals surface area contributed by atoms with Crippen LogP contribution >= 0.6 is 0 Å². The van der Waals surface area contributed by atoms with Crippen molar-refractivity contribution in [1.29, 1.82) is 0 Å². The lowest BCUT2D eigenvalue weighted by Crippen LogP contribution is -2.59. The van der Waals surface area contributed by atoms with Crippen LogP contribution in [0.4, 0.5) is 17.1 Å². The van der Waals surface area contributed by atoms with Crippen LogP contribution in [0.2, 0.25) is 0 Å². The summed E-state index contributed by atoms with van der Waals surface area (Å²) in [5.74, 6) is -1.97. The van der Waals surface area contributed by atoms with Gasteiger partial charge in [0.15, 0.2) is 0 Å². The summed E-state index contributed by atoms with van der Waals surface area (Å²) in [6.07, 6.45) is 2.61. The second kappa shape index (κ2) is 11.8. The van der Waals surface area contributed by atoms with Crippen LogP contribution in [0.5, 0.6) is 0 Å². The quantitative estimate of drug-likeness (QED) is 0.414. The molecule has 3 amide bonds. The maximum atomic E-state index is 14.2. The largest absolute Gasteiger partial charge is 0.378 e. The van der Waals surface area contributed by atoms with Crippen LogP contribution in [0.3, 0.4) is 0 Å². The van der Waals surface area contributed by atoms with Crippen LogP contribution < -0.4 is 15.1 Å². The number of carbonyl (C=O) groups is 4. The highest BCUT2D eigenvalue weighted by atomic mass is 16.5. The summed E-state index contributed by atoms with van der Waals surface area (Å²) in [5, 5.41) is 3.09. The van der Waals surface area contributed by atoms with Crippen molar-refractivity contribution in [2.75, 3.05) is 48.0 Å². The van der Waals surface area contributed by atoms with Crippen LogP contribution in [-0.4, -0.2) is 66.8 Å². The number of morpholine rings is 1. The predicted octanol–water partition coefficient (Wildman–Crippen LogP) is 4.03. The Morgan fingerprint density at radius 3 is 2.24 bits per heavy atom. The van der Waals surface area contributed by atoms with Crippen molar-refractivity contribution in [1.82, 2.24) is 4.90 Å². The second-order valence-corrected chi connectivity index (χ2v) is 11.0. The standard InChI is InChI=1S/C33H34N4O5/c38-29(23-36-28-11-5-4-10-27(28)30(39)31(36)40)37(22-24-8-2-1-3-9-24)33(16-6-7-17-33)32(41)34-25-12-14-26(15-13-25)35-18-20-42-21-19-35/h1-5,8-15H,6-7,16-23H2,(H,34,41). The van der Waals surface area contributed by atoms with E-state index in [-0.39, 0.29) is 24.9 Å². The molecule has 216 valence electrons. The number of hydrogen-bond donors (Lipinski definition) is 1. The Kier molecular flexibility index (Phi) is 7.75. The molecule has 0 unspecified atom stereocenters. The number of fused-ring (bicyclic) bond motifs is 1. The van der Waals surface area contributed by atoms with Gasteiger partial charge in [0.2, 0.25) is 11.8 Å². The van der Waals surface area contributed by atoms with E-state index in [2.05, 4.69) is 10.2 Å². The number of benzene rings is 3. The van der Waals surface area contributed by atoms with Crippen molar-refractivity contribution in [2.45, 2.75) is 37.8 Å². The average molecular weight is 567 g/mol. The predicted molar refractivity (Wildman–Crippen MR) is 159 cm³/mol. The molecule has 9 heteroatoms. The Bertz CT molecular complexity index is 1480. The minimum absolute atomic E-state index is 0.209. The molecule has 1 N–H and O–H groups in total. The minimum Gasteiger partial charge on any atom is -0.378 e. The number of ether oxygens (including phenoxy) is 1. The number of amides is 3. The molecule has 6 rings (SSSR count). The number of rotatable bonds is 8. The molecule has 2 fully saturated rings. The van der Waals surface area contributed by atoms with Crippen molar-refractivity contribution in [2.24, 2.45) is 0 Å². The molecule has 1 saturated carbocycles. The molecular formula is C33H34N4O5. The Hall–Kier alpha value is -4.50. The molecule has 3 aromatic carbocycles. The third-order valence-electron chi connectivity index (χ3n) is 8.53. The number of hydrogen-bond acceptors (Lipinski definition) is 6. The summed E-state index contributed by atoms with van der Waals surface area (Å²) in [7, 11) is 0. The van der Waals surface area contributed by atoms with Gasteiger partial charge in [0.05, 0.1) is 24.5 Å². The van der Waals surface area contributed by atoms with Gasteiger partial charge in [-0.3, -0.25) is 24.1 Å². The highest BCUT2D eigenvalue weighted by Crippen LogP contribution is 2.39. The fourth-order valence-electron chi connectivity index (χ4n) is 6.27. The average Bonchev–Trinajstić information content (AvgIpc) is 3.62. The normalized spacial score (nSPS) is 17.7. The first-order valence-electron chi connectivity index (χ1n) is 14.5. The summed E-state index contributed by atoms with van der Waals surface area (Å²) in [6.45, 7) is 2.91. The number of nitrogens with zero attached hydrogens (tertiary/aromatic N) is 3. The van der Waals surface area contributed by atoms with Gasteiger partial charge >= 0.3 is 0 Å². The summed E-state index contributed by atoms with van der Waals surface area (Å²) in [6, 6.07) is 24.0. The maximum absolute atomic E-state index is 14.2. The highest BCUT2D eigenvalue weighted by molar-refractivity contribution is 6.52. The third kappa shape index (κ3) is 5.27. The first-order chi connectivity index (χ1) is 20.5. The molecule has 2 heterocycles. The number of carbonyl (C=O) groups excluding carboxylic acids is 4. The Morgan fingerprint density at radius 1 is 0.857 bits per heavy atom. The molecule has 0 spiro atoms. The van der Waals surface area contributed by atoms with Crippen molar-refractivity contribution in [3.05, 3.63) is 90.0 Å². The Morgan fingerprint density at radius 2 is 1.52 bits per heavy atom. The molecule has 3 aromatic rings. The van der Waals surface area contributed by atoms with Gasteiger partial charge in [-0.15, -0.1) is 0 Å². The van der Waals surface area contributed by atoms with Gasteiger partial charge in [-0.2, -0.15) is 0 Å². The Balaban J connectivity index is 1.27. The van der Waals surface area contributed by atoms with Crippen molar-refractivity contribution in [3.8, 4) is 0 Å². The molecule has 0 radical (unpaired) electrons. The van der Waals surface area contributed by atoms with E-state index in [1.54, 1.807) is 29.2 Å². The molecule has 0 aromatic heterocycles. The second-order valence-electron chi connectivity index (χ2n) is 11.0. The van der Waals surface area contributed by atoms with E-state index in [1.165, 1.54) is 4.90 Å². The third-order valence-corrected chi connectivity index (χ3v) is 8.53. The number of anilines is 3. The van der Waals surface area contributed by atoms with E-state index >= 15 is 0 Å². The van der Waals surface area contributed by atoms with E-state index < -0.39 is 17.2 Å². The van der Waals surface area contributed by atoms with E-state index in [0.717, 1.165) is 37.2 Å². The molecule has 1 saturated heterocycles. The number of nitrogens with one attached hydrogen (secondary N) is 1. The van der Waals surface area contributed by atoms with Gasteiger partial charge in [0.1, 0.15) is 12.1 Å². The van der Waals surface area contributed by atoms with Crippen LogP contribution in [0.1, 0.15) is 41.6 Å². The van der Waals surface area contributed by atoms with Gasteiger partial charge < -0.3 is 19.9 Å².